The molecular formula is C52H34N2. The number of hydrogen-bond donors (Lipinski definition) is 0. The molecule has 0 amide bonds. The van der Waals surface area contributed by atoms with Gasteiger partial charge in [0.05, 0.1) is 11.4 Å². The molecule has 0 saturated heterocycles. The zero-order valence-electron chi connectivity index (χ0n) is 29.5. The van der Waals surface area contributed by atoms with Gasteiger partial charge in [0.2, 0.25) is 0 Å². The van der Waals surface area contributed by atoms with Gasteiger partial charge in [-0.05, 0) is 90.0 Å². The van der Waals surface area contributed by atoms with Crippen LogP contribution in [0.1, 0.15) is 0 Å². The van der Waals surface area contributed by atoms with Crippen LogP contribution in [0.5, 0.6) is 0 Å². The highest BCUT2D eigenvalue weighted by Crippen LogP contribution is 2.46. The summed E-state index contributed by atoms with van der Waals surface area (Å²) in [5.74, 6) is 0.698. The van der Waals surface area contributed by atoms with E-state index in [0.29, 0.717) is 5.82 Å². The summed E-state index contributed by atoms with van der Waals surface area (Å²) in [6.45, 7) is 0. The molecule has 10 rings (SSSR count). The highest BCUT2D eigenvalue weighted by molar-refractivity contribution is 6.22. The molecule has 0 N–H and O–H groups in total. The first kappa shape index (κ1) is 31.6. The van der Waals surface area contributed by atoms with Crippen molar-refractivity contribution in [3.63, 3.8) is 0 Å². The molecule has 2 nitrogen and oxygen atoms in total. The molecule has 0 aliphatic heterocycles. The lowest BCUT2D eigenvalue weighted by Crippen LogP contribution is -1.97. The van der Waals surface area contributed by atoms with E-state index in [9.17, 15) is 0 Å². The molecule has 10 aromatic rings. The Labute approximate surface area is 314 Å². The molecule has 0 spiro atoms. The SMILES string of the molecule is c1ccc(-c2cc(-c3ccccc3)nc(-c3ccc4c(-c5ccccc5)c5cc(-c6ccc7ccccc7c6)ccc5c(-c5ccccc5)c4c3)n2)cc1. The first-order chi connectivity index (χ1) is 26.8. The lowest BCUT2D eigenvalue weighted by Gasteiger charge is -2.19. The van der Waals surface area contributed by atoms with E-state index in [1.807, 2.05) is 12.1 Å². The van der Waals surface area contributed by atoms with E-state index in [0.717, 1.165) is 28.1 Å². The van der Waals surface area contributed by atoms with Crippen molar-refractivity contribution in [2.24, 2.45) is 0 Å². The van der Waals surface area contributed by atoms with Crippen LogP contribution >= 0.6 is 0 Å². The molecule has 0 aliphatic carbocycles. The van der Waals surface area contributed by atoms with Crippen LogP contribution in [0.4, 0.5) is 0 Å². The molecule has 54 heavy (non-hydrogen) atoms. The predicted octanol–water partition coefficient (Wildman–Crippen LogP) is 13.9. The zero-order valence-corrected chi connectivity index (χ0v) is 29.5. The van der Waals surface area contributed by atoms with Crippen LogP contribution in [0.2, 0.25) is 0 Å². The van der Waals surface area contributed by atoms with Crippen molar-refractivity contribution >= 4 is 32.3 Å². The van der Waals surface area contributed by atoms with Crippen LogP contribution in [0.3, 0.4) is 0 Å². The fourth-order valence-electron chi connectivity index (χ4n) is 7.84. The standard InChI is InChI=1S/C52H34N2/c1-5-16-36(17-6-1)48-34-49(37-18-7-2-8-19-37)54-52(53-48)43-28-30-45-47(33-43)51(39-22-11-4-12-23-39)44-29-27-42(32-46(44)50(45)38-20-9-3-10-21-38)41-26-25-35-15-13-14-24-40(35)31-41/h1-34H. The minimum atomic E-state index is 0.698. The summed E-state index contributed by atoms with van der Waals surface area (Å²) < 4.78 is 0. The number of fused-ring (bicyclic) bond motifs is 3. The normalized spacial score (nSPS) is 11.3. The van der Waals surface area contributed by atoms with Crippen molar-refractivity contribution in [2.75, 3.05) is 0 Å². The van der Waals surface area contributed by atoms with Crippen molar-refractivity contribution in [1.82, 2.24) is 9.97 Å². The fourth-order valence-corrected chi connectivity index (χ4v) is 7.84. The summed E-state index contributed by atoms with van der Waals surface area (Å²) in [5, 5.41) is 7.27. The van der Waals surface area contributed by atoms with Crippen molar-refractivity contribution < 1.29 is 0 Å². The first-order valence-corrected chi connectivity index (χ1v) is 18.4. The number of hydrogen-bond acceptors (Lipinski definition) is 2. The maximum atomic E-state index is 5.21. The molecule has 252 valence electrons. The predicted molar refractivity (Wildman–Crippen MR) is 227 cm³/mol. The van der Waals surface area contributed by atoms with Gasteiger partial charge in [-0.25, -0.2) is 9.97 Å². The van der Waals surface area contributed by atoms with Gasteiger partial charge in [0.15, 0.2) is 5.82 Å². The Morgan fingerprint density at radius 1 is 0.241 bits per heavy atom. The Morgan fingerprint density at radius 2 is 0.648 bits per heavy atom. The third-order valence-corrected chi connectivity index (χ3v) is 10.4. The maximum Gasteiger partial charge on any atom is 0.160 e. The van der Waals surface area contributed by atoms with Gasteiger partial charge >= 0.3 is 0 Å². The second-order valence-corrected chi connectivity index (χ2v) is 13.8. The Morgan fingerprint density at radius 3 is 1.19 bits per heavy atom. The average Bonchev–Trinajstić information content (AvgIpc) is 3.26. The monoisotopic (exact) mass is 686 g/mol. The summed E-state index contributed by atoms with van der Waals surface area (Å²) in [4.78, 5) is 10.4. The summed E-state index contributed by atoms with van der Waals surface area (Å²) >= 11 is 0. The summed E-state index contributed by atoms with van der Waals surface area (Å²) in [5.41, 5.74) is 12.1. The first-order valence-electron chi connectivity index (χ1n) is 18.4. The second kappa shape index (κ2) is 13.4. The van der Waals surface area contributed by atoms with Gasteiger partial charge < -0.3 is 0 Å². The minimum absolute atomic E-state index is 0.698. The summed E-state index contributed by atoms with van der Waals surface area (Å²) in [6.07, 6.45) is 0. The molecule has 0 saturated carbocycles. The van der Waals surface area contributed by atoms with Gasteiger partial charge in [-0.15, -0.1) is 0 Å². The number of benzene rings is 9. The van der Waals surface area contributed by atoms with E-state index in [1.54, 1.807) is 0 Å². The Hall–Kier alpha value is -7.16. The Bertz CT molecular complexity index is 2900. The molecule has 0 fully saturated rings. The summed E-state index contributed by atoms with van der Waals surface area (Å²) in [7, 11) is 0. The molecule has 1 aromatic heterocycles. The zero-order chi connectivity index (χ0) is 35.8. The molecule has 0 atom stereocenters. The molecule has 1 heterocycles. The highest BCUT2D eigenvalue weighted by Gasteiger charge is 2.20. The maximum absolute atomic E-state index is 5.21. The molecule has 0 bridgehead atoms. The Kier molecular flexibility index (Phi) is 7.85. The smallest absolute Gasteiger partial charge is 0.160 e. The van der Waals surface area contributed by atoms with Gasteiger partial charge in [-0.1, -0.05) is 182 Å². The molecule has 2 heteroatoms. The number of rotatable bonds is 6. The van der Waals surface area contributed by atoms with E-state index in [2.05, 4.69) is 194 Å². The van der Waals surface area contributed by atoms with Crippen molar-refractivity contribution in [3.05, 3.63) is 206 Å². The van der Waals surface area contributed by atoms with Crippen LogP contribution in [0.15, 0.2) is 206 Å². The van der Waals surface area contributed by atoms with Gasteiger partial charge in [0.1, 0.15) is 0 Å². The van der Waals surface area contributed by atoms with Gasteiger partial charge in [0, 0.05) is 16.7 Å². The largest absolute Gasteiger partial charge is 0.228 e. The van der Waals surface area contributed by atoms with Crippen molar-refractivity contribution in [1.29, 1.82) is 0 Å². The van der Waals surface area contributed by atoms with Crippen molar-refractivity contribution in [2.45, 2.75) is 0 Å². The van der Waals surface area contributed by atoms with Crippen LogP contribution in [0.25, 0.3) is 99.6 Å². The molecular weight excluding hydrogens is 653 g/mol. The minimum Gasteiger partial charge on any atom is -0.228 e. The molecule has 0 unspecified atom stereocenters. The second-order valence-electron chi connectivity index (χ2n) is 13.8. The van der Waals surface area contributed by atoms with Gasteiger partial charge in [-0.2, -0.15) is 0 Å². The lowest BCUT2D eigenvalue weighted by molar-refractivity contribution is 1.18. The third-order valence-electron chi connectivity index (χ3n) is 10.4. The quantitative estimate of drug-likeness (QED) is 0.163. The van der Waals surface area contributed by atoms with E-state index >= 15 is 0 Å². The highest BCUT2D eigenvalue weighted by atomic mass is 14.9. The summed E-state index contributed by atoms with van der Waals surface area (Å²) in [6, 6.07) is 73.6. The fraction of sp³-hybridized carbons (Fsp3) is 0. The average molecular weight is 687 g/mol. The number of nitrogens with zero attached hydrogens (tertiary/aromatic N) is 2. The van der Waals surface area contributed by atoms with Gasteiger partial charge in [-0.3, -0.25) is 0 Å². The van der Waals surface area contributed by atoms with Crippen molar-refractivity contribution in [3.8, 4) is 67.3 Å². The van der Waals surface area contributed by atoms with Crippen LogP contribution in [-0.2, 0) is 0 Å². The number of aromatic nitrogens is 2. The molecule has 0 aliphatic rings. The van der Waals surface area contributed by atoms with Gasteiger partial charge in [0.25, 0.3) is 0 Å². The van der Waals surface area contributed by atoms with E-state index < -0.39 is 0 Å². The lowest BCUT2D eigenvalue weighted by atomic mass is 9.84. The van der Waals surface area contributed by atoms with Crippen LogP contribution in [0, 0.1) is 0 Å². The molecule has 9 aromatic carbocycles. The van der Waals surface area contributed by atoms with E-state index in [-0.39, 0.29) is 0 Å². The van der Waals surface area contributed by atoms with E-state index in [4.69, 9.17) is 9.97 Å². The molecule has 0 radical (unpaired) electrons. The van der Waals surface area contributed by atoms with E-state index in [1.165, 1.54) is 65.7 Å². The third kappa shape index (κ3) is 5.71. The van der Waals surface area contributed by atoms with Crippen LogP contribution < -0.4 is 0 Å². The van der Waals surface area contributed by atoms with Crippen LogP contribution in [-0.4, -0.2) is 9.97 Å². The Balaban J connectivity index is 1.26. The topological polar surface area (TPSA) is 25.8 Å².